The van der Waals surface area contributed by atoms with E-state index in [9.17, 15) is 4.79 Å². The van der Waals surface area contributed by atoms with Crippen LogP contribution in [0.5, 0.6) is 0 Å². The van der Waals surface area contributed by atoms with Crippen molar-refractivity contribution < 1.29 is 4.79 Å². The summed E-state index contributed by atoms with van der Waals surface area (Å²) in [7, 11) is 0. The van der Waals surface area contributed by atoms with Crippen molar-refractivity contribution in [2.45, 2.75) is 32.0 Å². The maximum Gasteiger partial charge on any atom is 0.238 e. The molecule has 0 saturated carbocycles. The average Bonchev–Trinajstić information content (AvgIpc) is 2.20. The summed E-state index contributed by atoms with van der Waals surface area (Å²) in [6, 6.07) is 3.77. The van der Waals surface area contributed by atoms with E-state index in [1.165, 1.54) is 0 Å². The van der Waals surface area contributed by atoms with Crippen molar-refractivity contribution in [3.63, 3.8) is 0 Å². The summed E-state index contributed by atoms with van der Waals surface area (Å²) in [5.41, 5.74) is 2.58. The van der Waals surface area contributed by atoms with Gasteiger partial charge in [0.25, 0.3) is 0 Å². The van der Waals surface area contributed by atoms with Crippen LogP contribution in [0.15, 0.2) is 12.1 Å². The number of carbonyl (C=O) groups excluding carboxylic acids is 1. The SMILES string of the molecule is CCC(Br)C(=O)Nc1ccc(C)nc1C. The molecule has 0 aliphatic rings. The van der Waals surface area contributed by atoms with Gasteiger partial charge >= 0.3 is 0 Å². The fourth-order valence-electron chi connectivity index (χ4n) is 1.22. The van der Waals surface area contributed by atoms with Crippen LogP contribution in [-0.2, 0) is 4.79 Å². The second kappa shape index (κ2) is 5.26. The number of aryl methyl sites for hydroxylation is 2. The van der Waals surface area contributed by atoms with E-state index >= 15 is 0 Å². The molecule has 0 radical (unpaired) electrons. The molecule has 15 heavy (non-hydrogen) atoms. The number of nitrogens with zero attached hydrogens (tertiary/aromatic N) is 1. The monoisotopic (exact) mass is 270 g/mol. The Bertz CT molecular complexity index is 366. The Morgan fingerprint density at radius 1 is 1.53 bits per heavy atom. The zero-order valence-electron chi connectivity index (χ0n) is 9.17. The van der Waals surface area contributed by atoms with Crippen LogP contribution in [0.2, 0.25) is 0 Å². The highest BCUT2D eigenvalue weighted by molar-refractivity contribution is 9.10. The van der Waals surface area contributed by atoms with E-state index in [1.54, 1.807) is 0 Å². The molecule has 1 heterocycles. The zero-order chi connectivity index (χ0) is 11.4. The average molecular weight is 271 g/mol. The van der Waals surface area contributed by atoms with Gasteiger partial charge in [0, 0.05) is 5.69 Å². The van der Waals surface area contributed by atoms with E-state index in [-0.39, 0.29) is 10.7 Å². The number of amides is 1. The summed E-state index contributed by atoms with van der Waals surface area (Å²) in [6.45, 7) is 5.77. The van der Waals surface area contributed by atoms with Crippen molar-refractivity contribution >= 4 is 27.5 Å². The van der Waals surface area contributed by atoms with Gasteiger partial charge in [-0.1, -0.05) is 22.9 Å². The molecule has 1 atom stereocenters. The molecule has 1 N–H and O–H groups in total. The third-order valence-corrected chi connectivity index (χ3v) is 3.19. The molecule has 82 valence electrons. The van der Waals surface area contributed by atoms with Gasteiger partial charge in [-0.3, -0.25) is 9.78 Å². The van der Waals surface area contributed by atoms with Crippen molar-refractivity contribution in [3.8, 4) is 0 Å². The zero-order valence-corrected chi connectivity index (χ0v) is 10.8. The highest BCUT2D eigenvalue weighted by Gasteiger charge is 2.13. The number of pyridine rings is 1. The minimum absolute atomic E-state index is 0.0220. The van der Waals surface area contributed by atoms with E-state index in [0.29, 0.717) is 0 Å². The van der Waals surface area contributed by atoms with Gasteiger partial charge in [-0.2, -0.15) is 0 Å². The van der Waals surface area contributed by atoms with Crippen LogP contribution in [0.3, 0.4) is 0 Å². The van der Waals surface area contributed by atoms with E-state index in [2.05, 4.69) is 26.2 Å². The van der Waals surface area contributed by atoms with Crippen LogP contribution in [0.25, 0.3) is 0 Å². The lowest BCUT2D eigenvalue weighted by Gasteiger charge is -2.10. The molecule has 0 aliphatic heterocycles. The second-order valence-corrected chi connectivity index (χ2v) is 4.56. The minimum atomic E-state index is -0.141. The van der Waals surface area contributed by atoms with Crippen LogP contribution < -0.4 is 5.32 Å². The van der Waals surface area contributed by atoms with Crippen molar-refractivity contribution in [1.29, 1.82) is 0 Å². The van der Waals surface area contributed by atoms with E-state index < -0.39 is 0 Å². The van der Waals surface area contributed by atoms with Crippen LogP contribution in [0.4, 0.5) is 5.69 Å². The quantitative estimate of drug-likeness (QED) is 0.859. The topological polar surface area (TPSA) is 42.0 Å². The van der Waals surface area contributed by atoms with Crippen molar-refractivity contribution in [2.24, 2.45) is 0 Å². The van der Waals surface area contributed by atoms with E-state index in [4.69, 9.17) is 0 Å². The summed E-state index contributed by atoms with van der Waals surface area (Å²) in [5, 5.41) is 2.84. The van der Waals surface area contributed by atoms with Crippen molar-refractivity contribution in [1.82, 2.24) is 4.98 Å². The Labute approximate surface area is 98.4 Å². The molecule has 1 aromatic heterocycles. The molecular formula is C11H15BrN2O. The Balaban J connectivity index is 2.77. The Morgan fingerprint density at radius 2 is 2.20 bits per heavy atom. The van der Waals surface area contributed by atoms with Gasteiger partial charge in [0.2, 0.25) is 5.91 Å². The number of nitrogens with one attached hydrogen (secondary N) is 1. The van der Waals surface area contributed by atoms with E-state index in [1.807, 2.05) is 32.9 Å². The first kappa shape index (κ1) is 12.2. The number of aromatic nitrogens is 1. The van der Waals surface area contributed by atoms with E-state index in [0.717, 1.165) is 23.5 Å². The number of anilines is 1. The van der Waals surface area contributed by atoms with Crippen LogP contribution in [0.1, 0.15) is 24.7 Å². The minimum Gasteiger partial charge on any atom is -0.324 e. The summed E-state index contributed by atoms with van der Waals surface area (Å²) in [5.74, 6) is -0.0220. The van der Waals surface area contributed by atoms with Gasteiger partial charge < -0.3 is 5.32 Å². The molecule has 0 bridgehead atoms. The highest BCUT2D eigenvalue weighted by Crippen LogP contribution is 2.15. The second-order valence-electron chi connectivity index (χ2n) is 3.45. The molecule has 4 heteroatoms. The predicted octanol–water partition coefficient (Wildman–Crippen LogP) is 2.81. The summed E-state index contributed by atoms with van der Waals surface area (Å²) in [4.78, 5) is 15.7. The first-order valence-electron chi connectivity index (χ1n) is 4.93. The van der Waals surface area contributed by atoms with Gasteiger partial charge in [0.05, 0.1) is 16.2 Å². The molecule has 3 nitrogen and oxygen atoms in total. The molecule has 0 spiro atoms. The van der Waals surface area contributed by atoms with Crippen molar-refractivity contribution in [2.75, 3.05) is 5.32 Å². The molecule has 1 amide bonds. The third-order valence-electron chi connectivity index (χ3n) is 2.13. The molecular weight excluding hydrogens is 256 g/mol. The van der Waals surface area contributed by atoms with Gasteiger partial charge in [-0.25, -0.2) is 0 Å². The highest BCUT2D eigenvalue weighted by atomic mass is 79.9. The normalized spacial score (nSPS) is 12.3. The van der Waals surface area contributed by atoms with Crippen molar-refractivity contribution in [3.05, 3.63) is 23.5 Å². The fraction of sp³-hybridized carbons (Fsp3) is 0.455. The number of hydrogen-bond acceptors (Lipinski definition) is 2. The molecule has 0 saturated heterocycles. The van der Waals surface area contributed by atoms with Gasteiger partial charge in [-0.15, -0.1) is 0 Å². The Morgan fingerprint density at radius 3 is 2.73 bits per heavy atom. The Kier molecular flexibility index (Phi) is 4.27. The molecule has 0 aliphatic carbocycles. The molecule has 0 fully saturated rings. The van der Waals surface area contributed by atoms with Gasteiger partial charge in [0.1, 0.15) is 0 Å². The molecule has 1 unspecified atom stereocenters. The third kappa shape index (κ3) is 3.30. The van der Waals surface area contributed by atoms with Gasteiger partial charge in [0.15, 0.2) is 0 Å². The number of carbonyl (C=O) groups is 1. The number of hydrogen-bond donors (Lipinski definition) is 1. The molecule has 1 rings (SSSR count). The molecule has 0 aromatic carbocycles. The van der Waals surface area contributed by atoms with Gasteiger partial charge in [-0.05, 0) is 32.4 Å². The number of halogens is 1. The Hall–Kier alpha value is -0.900. The fourth-order valence-corrected chi connectivity index (χ4v) is 1.33. The lowest BCUT2D eigenvalue weighted by Crippen LogP contribution is -2.22. The van der Waals surface area contributed by atoms with Crippen LogP contribution >= 0.6 is 15.9 Å². The largest absolute Gasteiger partial charge is 0.324 e. The lowest BCUT2D eigenvalue weighted by atomic mass is 10.2. The van der Waals surface area contributed by atoms with Crippen LogP contribution in [-0.4, -0.2) is 15.7 Å². The summed E-state index contributed by atoms with van der Waals surface area (Å²) >= 11 is 3.31. The first-order valence-corrected chi connectivity index (χ1v) is 5.85. The van der Waals surface area contributed by atoms with Crippen LogP contribution in [0, 0.1) is 13.8 Å². The maximum absolute atomic E-state index is 11.6. The standard InChI is InChI=1S/C11H15BrN2O/c1-4-9(12)11(15)14-10-6-5-7(2)13-8(10)3/h5-6,9H,4H2,1-3H3,(H,14,15). The maximum atomic E-state index is 11.6. The lowest BCUT2D eigenvalue weighted by molar-refractivity contribution is -0.115. The first-order chi connectivity index (χ1) is 7.04. The molecule has 1 aromatic rings. The summed E-state index contributed by atoms with van der Waals surface area (Å²) < 4.78 is 0. The number of alkyl halides is 1. The summed E-state index contributed by atoms with van der Waals surface area (Å²) in [6.07, 6.45) is 0.768. The smallest absolute Gasteiger partial charge is 0.238 e. The number of rotatable bonds is 3. The predicted molar refractivity (Wildman–Crippen MR) is 65.3 cm³/mol.